The van der Waals surface area contributed by atoms with Gasteiger partial charge in [-0.1, -0.05) is 35.9 Å². The Morgan fingerprint density at radius 1 is 1.06 bits per heavy atom. The summed E-state index contributed by atoms with van der Waals surface area (Å²) in [5.74, 6) is 0.0906. The van der Waals surface area contributed by atoms with E-state index in [4.69, 9.17) is 28.2 Å². The van der Waals surface area contributed by atoms with Crippen LogP contribution in [0.15, 0.2) is 89.5 Å². The van der Waals surface area contributed by atoms with Gasteiger partial charge in [-0.15, -0.1) is 0 Å². The number of nitrogens with zero attached hydrogens (tertiary/aromatic N) is 2. The van der Waals surface area contributed by atoms with Crippen LogP contribution in [0.3, 0.4) is 0 Å². The first-order chi connectivity index (χ1) is 16.0. The van der Waals surface area contributed by atoms with Gasteiger partial charge in [0.25, 0.3) is 0 Å². The SMILES string of the molecule is O=C(O)c1ccc(Cl)c(-c2ccc([C@H]3[C@H](c4ccccn4)NC(=S)N3c3ccccc3)o2)c1. The van der Waals surface area contributed by atoms with Crippen LogP contribution in [0.5, 0.6) is 0 Å². The van der Waals surface area contributed by atoms with Gasteiger partial charge in [-0.25, -0.2) is 4.79 Å². The van der Waals surface area contributed by atoms with E-state index in [2.05, 4.69) is 10.3 Å². The van der Waals surface area contributed by atoms with Gasteiger partial charge in [-0.05, 0) is 66.8 Å². The van der Waals surface area contributed by atoms with Crippen molar-refractivity contribution in [3.05, 3.63) is 107 Å². The Kier molecular flexibility index (Phi) is 5.58. The van der Waals surface area contributed by atoms with E-state index in [0.29, 0.717) is 27.2 Å². The van der Waals surface area contributed by atoms with E-state index in [9.17, 15) is 9.90 Å². The fourth-order valence-electron chi connectivity index (χ4n) is 4.01. The molecule has 2 aromatic heterocycles. The summed E-state index contributed by atoms with van der Waals surface area (Å²) < 4.78 is 6.27. The molecule has 2 atom stereocenters. The van der Waals surface area contributed by atoms with Gasteiger partial charge < -0.3 is 19.7 Å². The van der Waals surface area contributed by atoms with Gasteiger partial charge in [0, 0.05) is 17.4 Å². The summed E-state index contributed by atoms with van der Waals surface area (Å²) >= 11 is 12.1. The second-order valence-corrected chi connectivity index (χ2v) is 8.33. The number of hydrogen-bond donors (Lipinski definition) is 2. The van der Waals surface area contributed by atoms with Gasteiger partial charge in [0.05, 0.1) is 22.3 Å². The molecule has 1 aliphatic heterocycles. The number of anilines is 1. The molecule has 4 aromatic rings. The first-order valence-corrected chi connectivity index (χ1v) is 11.0. The largest absolute Gasteiger partial charge is 0.478 e. The quantitative estimate of drug-likeness (QED) is 0.349. The van der Waals surface area contributed by atoms with Crippen LogP contribution < -0.4 is 10.2 Å². The molecule has 1 aliphatic rings. The maximum Gasteiger partial charge on any atom is 0.335 e. The number of aromatic carboxylic acids is 1. The molecule has 0 saturated carbocycles. The summed E-state index contributed by atoms with van der Waals surface area (Å²) in [7, 11) is 0. The third-order valence-electron chi connectivity index (χ3n) is 5.53. The summed E-state index contributed by atoms with van der Waals surface area (Å²) in [6.45, 7) is 0. The normalized spacial score (nSPS) is 17.7. The van der Waals surface area contributed by atoms with Crippen molar-refractivity contribution < 1.29 is 14.3 Å². The number of thiocarbonyl (C=S) groups is 1. The zero-order chi connectivity index (χ0) is 22.9. The Bertz CT molecular complexity index is 1330. The molecule has 0 radical (unpaired) electrons. The highest BCUT2D eigenvalue weighted by Crippen LogP contribution is 2.43. The Hall–Kier alpha value is -3.68. The van der Waals surface area contributed by atoms with Crippen LogP contribution >= 0.6 is 23.8 Å². The third kappa shape index (κ3) is 3.97. The van der Waals surface area contributed by atoms with Crippen molar-refractivity contribution in [1.82, 2.24) is 10.3 Å². The molecule has 164 valence electrons. The Balaban J connectivity index is 1.61. The van der Waals surface area contributed by atoms with Crippen molar-refractivity contribution in [2.45, 2.75) is 12.1 Å². The van der Waals surface area contributed by atoms with Crippen LogP contribution in [-0.2, 0) is 0 Å². The second-order valence-electron chi connectivity index (χ2n) is 7.53. The van der Waals surface area contributed by atoms with Crippen molar-refractivity contribution in [2.24, 2.45) is 0 Å². The number of nitrogens with one attached hydrogen (secondary N) is 1. The molecule has 3 heterocycles. The van der Waals surface area contributed by atoms with Crippen molar-refractivity contribution in [3.63, 3.8) is 0 Å². The second kappa shape index (κ2) is 8.69. The summed E-state index contributed by atoms with van der Waals surface area (Å²) in [6, 6.07) is 23.2. The molecule has 1 saturated heterocycles. The monoisotopic (exact) mass is 475 g/mol. The van der Waals surface area contributed by atoms with Crippen molar-refractivity contribution in [1.29, 1.82) is 0 Å². The van der Waals surface area contributed by atoms with E-state index in [1.54, 1.807) is 18.3 Å². The zero-order valence-electron chi connectivity index (χ0n) is 17.2. The molecular formula is C25H18ClN3O3S. The fraction of sp³-hybridized carbons (Fsp3) is 0.0800. The van der Waals surface area contributed by atoms with Gasteiger partial charge in [-0.3, -0.25) is 4.98 Å². The number of pyridine rings is 1. The van der Waals surface area contributed by atoms with Crippen LogP contribution in [0.25, 0.3) is 11.3 Å². The highest BCUT2D eigenvalue weighted by molar-refractivity contribution is 7.80. The molecule has 33 heavy (non-hydrogen) atoms. The molecule has 0 aliphatic carbocycles. The van der Waals surface area contributed by atoms with Crippen LogP contribution in [0.2, 0.25) is 5.02 Å². The third-order valence-corrected chi connectivity index (χ3v) is 6.17. The topological polar surface area (TPSA) is 78.6 Å². The highest BCUT2D eigenvalue weighted by Gasteiger charge is 2.42. The number of carboxylic acid groups (broad SMARTS) is 1. The molecular weight excluding hydrogens is 458 g/mol. The maximum absolute atomic E-state index is 11.4. The smallest absolute Gasteiger partial charge is 0.335 e. The number of benzene rings is 2. The van der Waals surface area contributed by atoms with E-state index in [1.165, 1.54) is 12.1 Å². The van der Waals surface area contributed by atoms with Gasteiger partial charge in [-0.2, -0.15) is 0 Å². The molecule has 6 nitrogen and oxygen atoms in total. The van der Waals surface area contributed by atoms with Crippen LogP contribution in [0.4, 0.5) is 5.69 Å². The standard InChI is InChI=1S/C25H18ClN3O3S/c26-18-10-9-15(24(30)31)14-17(18)20-11-12-21(32-20)23-22(19-8-4-5-13-27-19)28-25(33)29(23)16-6-2-1-3-7-16/h1-14,22-23H,(H,28,33)(H,30,31)/t22-,23-/m0/s1. The van der Waals surface area contributed by atoms with Crippen LogP contribution in [-0.4, -0.2) is 21.2 Å². The minimum atomic E-state index is -1.03. The van der Waals surface area contributed by atoms with E-state index in [1.807, 2.05) is 59.5 Å². The molecule has 1 fully saturated rings. The molecule has 0 spiro atoms. The lowest BCUT2D eigenvalue weighted by Crippen LogP contribution is -2.29. The first kappa shape index (κ1) is 21.2. The minimum Gasteiger partial charge on any atom is -0.478 e. The van der Waals surface area contributed by atoms with Crippen molar-refractivity contribution in [3.8, 4) is 11.3 Å². The number of rotatable bonds is 5. The lowest BCUT2D eigenvalue weighted by atomic mass is 10.0. The summed E-state index contributed by atoms with van der Waals surface area (Å²) in [5, 5.41) is 13.7. The van der Waals surface area contributed by atoms with E-state index in [0.717, 1.165) is 11.4 Å². The number of carboxylic acids is 1. The molecule has 8 heteroatoms. The Morgan fingerprint density at radius 3 is 2.58 bits per heavy atom. The van der Waals surface area contributed by atoms with Gasteiger partial charge in [0.1, 0.15) is 17.6 Å². The van der Waals surface area contributed by atoms with Crippen LogP contribution in [0.1, 0.15) is 33.9 Å². The van der Waals surface area contributed by atoms with Gasteiger partial charge >= 0.3 is 5.97 Å². The van der Waals surface area contributed by atoms with Gasteiger partial charge in [0.2, 0.25) is 0 Å². The lowest BCUT2D eigenvalue weighted by molar-refractivity contribution is 0.0697. The number of hydrogen-bond acceptors (Lipinski definition) is 4. The Morgan fingerprint density at radius 2 is 1.85 bits per heavy atom. The minimum absolute atomic E-state index is 0.133. The fourth-order valence-corrected chi connectivity index (χ4v) is 4.57. The molecule has 0 bridgehead atoms. The number of halogens is 1. The number of para-hydroxylation sites is 1. The number of carbonyl (C=O) groups is 1. The average Bonchev–Trinajstić information content (AvgIpc) is 3.45. The summed E-state index contributed by atoms with van der Waals surface area (Å²) in [6.07, 6.45) is 1.74. The highest BCUT2D eigenvalue weighted by atomic mass is 35.5. The molecule has 0 amide bonds. The van der Waals surface area contributed by atoms with Gasteiger partial charge in [0.15, 0.2) is 5.11 Å². The first-order valence-electron chi connectivity index (χ1n) is 10.2. The van der Waals surface area contributed by atoms with Crippen molar-refractivity contribution in [2.75, 3.05) is 4.90 Å². The molecule has 2 N–H and O–H groups in total. The van der Waals surface area contributed by atoms with E-state index in [-0.39, 0.29) is 17.6 Å². The average molecular weight is 476 g/mol. The summed E-state index contributed by atoms with van der Waals surface area (Å²) in [5.41, 5.74) is 2.39. The van der Waals surface area contributed by atoms with Crippen molar-refractivity contribution >= 4 is 40.6 Å². The van der Waals surface area contributed by atoms with E-state index >= 15 is 0 Å². The zero-order valence-corrected chi connectivity index (χ0v) is 18.8. The van der Waals surface area contributed by atoms with Crippen LogP contribution in [0, 0.1) is 0 Å². The summed E-state index contributed by atoms with van der Waals surface area (Å²) in [4.78, 5) is 18.0. The predicted octanol–water partition coefficient (Wildman–Crippen LogP) is 5.87. The van der Waals surface area contributed by atoms with E-state index < -0.39 is 5.97 Å². The predicted molar refractivity (Wildman–Crippen MR) is 130 cm³/mol. The number of furan rings is 1. The molecule has 5 rings (SSSR count). The lowest BCUT2D eigenvalue weighted by Gasteiger charge is -2.26. The number of aromatic nitrogens is 1. The molecule has 0 unspecified atom stereocenters. The Labute approximate surface area is 200 Å². The maximum atomic E-state index is 11.4. The molecule has 2 aromatic carbocycles.